The molecule has 0 aliphatic heterocycles. The van der Waals surface area contributed by atoms with Crippen molar-refractivity contribution in [3.05, 3.63) is 64.7 Å². The van der Waals surface area contributed by atoms with Gasteiger partial charge in [0.1, 0.15) is 0 Å². The molecule has 2 amide bonds. The van der Waals surface area contributed by atoms with Crippen LogP contribution in [0.4, 0.5) is 5.69 Å². The quantitative estimate of drug-likeness (QED) is 0.796. The Morgan fingerprint density at radius 3 is 2.11 bits per heavy atom. The van der Waals surface area contributed by atoms with Crippen LogP contribution in [0.2, 0.25) is 0 Å². The maximum Gasteiger partial charge on any atom is 0.338 e. The molecule has 2 rings (SSSR count). The first-order chi connectivity index (χ1) is 12.7. The summed E-state index contributed by atoms with van der Waals surface area (Å²) in [6, 6.07) is 12.7. The molecule has 2 aromatic rings. The minimum atomic E-state index is -0.562. The number of nitrogens with zero attached hydrogens (tertiary/aromatic N) is 1. The van der Waals surface area contributed by atoms with Crippen LogP contribution < -0.4 is 5.32 Å². The van der Waals surface area contributed by atoms with Crippen LogP contribution in [0.5, 0.6) is 0 Å². The molecular formula is C21H24N2O4. The highest BCUT2D eigenvalue weighted by molar-refractivity contribution is 5.95. The number of ether oxygens (including phenoxy) is 1. The number of nitrogens with one attached hydrogen (secondary N) is 1. The zero-order valence-electron chi connectivity index (χ0n) is 16.0. The Morgan fingerprint density at radius 2 is 1.52 bits per heavy atom. The normalized spacial score (nSPS) is 10.2. The third kappa shape index (κ3) is 6.26. The molecule has 0 fully saturated rings. The van der Waals surface area contributed by atoms with Gasteiger partial charge in [0.2, 0.25) is 5.91 Å². The van der Waals surface area contributed by atoms with E-state index in [0.29, 0.717) is 11.3 Å². The van der Waals surface area contributed by atoms with E-state index in [0.717, 1.165) is 16.7 Å². The Morgan fingerprint density at radius 1 is 0.926 bits per heavy atom. The Kier molecular flexibility index (Phi) is 6.71. The Bertz CT molecular complexity index is 824. The zero-order chi connectivity index (χ0) is 20.0. The minimum Gasteiger partial charge on any atom is -0.452 e. The van der Waals surface area contributed by atoms with Gasteiger partial charge in [0, 0.05) is 12.7 Å². The second-order valence-corrected chi connectivity index (χ2v) is 6.62. The number of aryl methyl sites for hydroxylation is 3. The lowest BCUT2D eigenvalue weighted by atomic mass is 10.1. The summed E-state index contributed by atoms with van der Waals surface area (Å²) in [4.78, 5) is 37.5. The smallest absolute Gasteiger partial charge is 0.338 e. The number of amides is 2. The van der Waals surface area contributed by atoms with E-state index in [2.05, 4.69) is 5.32 Å². The van der Waals surface area contributed by atoms with Crippen molar-refractivity contribution in [2.75, 3.05) is 25.5 Å². The molecule has 0 aromatic heterocycles. The largest absolute Gasteiger partial charge is 0.452 e. The first-order valence-electron chi connectivity index (χ1n) is 8.60. The molecule has 0 saturated carbocycles. The fourth-order valence-electron chi connectivity index (χ4n) is 2.55. The molecule has 6 heteroatoms. The van der Waals surface area contributed by atoms with Gasteiger partial charge in [-0.1, -0.05) is 34.9 Å². The number of anilines is 1. The van der Waals surface area contributed by atoms with E-state index in [-0.39, 0.29) is 12.5 Å². The van der Waals surface area contributed by atoms with Gasteiger partial charge >= 0.3 is 5.97 Å². The number of carbonyl (C=O) groups is 3. The van der Waals surface area contributed by atoms with Crippen molar-refractivity contribution in [1.29, 1.82) is 0 Å². The van der Waals surface area contributed by atoms with Crippen molar-refractivity contribution in [1.82, 2.24) is 4.90 Å². The van der Waals surface area contributed by atoms with Gasteiger partial charge in [-0.05, 0) is 45.0 Å². The maximum absolute atomic E-state index is 12.1. The monoisotopic (exact) mass is 368 g/mol. The molecule has 0 spiro atoms. The van der Waals surface area contributed by atoms with Crippen LogP contribution in [0.15, 0.2) is 42.5 Å². The molecule has 0 saturated heterocycles. The summed E-state index contributed by atoms with van der Waals surface area (Å²) in [5.74, 6) is -1.34. The lowest BCUT2D eigenvalue weighted by Gasteiger charge is -2.17. The highest BCUT2D eigenvalue weighted by atomic mass is 16.5. The highest BCUT2D eigenvalue weighted by Gasteiger charge is 2.16. The van der Waals surface area contributed by atoms with Gasteiger partial charge in [-0.3, -0.25) is 9.59 Å². The predicted molar refractivity (Wildman–Crippen MR) is 104 cm³/mol. The predicted octanol–water partition coefficient (Wildman–Crippen LogP) is 2.87. The van der Waals surface area contributed by atoms with Gasteiger partial charge in [-0.15, -0.1) is 0 Å². The highest BCUT2D eigenvalue weighted by Crippen LogP contribution is 2.10. The second-order valence-electron chi connectivity index (χ2n) is 6.62. The van der Waals surface area contributed by atoms with Gasteiger partial charge in [-0.2, -0.15) is 0 Å². The number of likely N-dealkylation sites (N-methyl/N-ethyl adjacent to an activating group) is 1. The molecule has 0 bridgehead atoms. The van der Waals surface area contributed by atoms with E-state index in [1.807, 2.05) is 39.0 Å². The molecule has 27 heavy (non-hydrogen) atoms. The average Bonchev–Trinajstić information content (AvgIpc) is 2.60. The Balaban J connectivity index is 1.83. The number of hydrogen-bond donors (Lipinski definition) is 1. The van der Waals surface area contributed by atoms with Crippen LogP contribution >= 0.6 is 0 Å². The fourth-order valence-corrected chi connectivity index (χ4v) is 2.55. The van der Waals surface area contributed by atoms with Crippen LogP contribution in [-0.2, 0) is 14.3 Å². The molecule has 6 nitrogen and oxygen atoms in total. The van der Waals surface area contributed by atoms with Gasteiger partial charge in [0.25, 0.3) is 5.91 Å². The van der Waals surface area contributed by atoms with Crippen LogP contribution in [0.1, 0.15) is 27.0 Å². The number of hydrogen-bond acceptors (Lipinski definition) is 4. The molecule has 2 aromatic carbocycles. The average molecular weight is 368 g/mol. The molecule has 0 radical (unpaired) electrons. The standard InChI is InChI=1S/C21H24N2O4/c1-14-5-7-18(8-6-14)22-19(24)12-23(4)20(25)13-27-21(26)17-10-15(2)9-16(3)11-17/h5-11H,12-13H2,1-4H3,(H,22,24). The van der Waals surface area contributed by atoms with Crippen molar-refractivity contribution in [3.63, 3.8) is 0 Å². The molecule has 0 aliphatic carbocycles. The molecule has 0 heterocycles. The Labute approximate surface area is 159 Å². The summed E-state index contributed by atoms with van der Waals surface area (Å²) in [5.41, 5.74) is 4.04. The Hall–Kier alpha value is -3.15. The molecule has 0 unspecified atom stereocenters. The van der Waals surface area contributed by atoms with Gasteiger partial charge in [-0.25, -0.2) is 4.79 Å². The first-order valence-corrected chi connectivity index (χ1v) is 8.60. The summed E-state index contributed by atoms with van der Waals surface area (Å²) in [6.07, 6.45) is 0. The SMILES string of the molecule is Cc1ccc(NC(=O)CN(C)C(=O)COC(=O)c2cc(C)cc(C)c2)cc1. The van der Waals surface area contributed by atoms with E-state index in [4.69, 9.17) is 4.74 Å². The zero-order valence-corrected chi connectivity index (χ0v) is 16.0. The van der Waals surface area contributed by atoms with Crippen molar-refractivity contribution >= 4 is 23.5 Å². The summed E-state index contributed by atoms with van der Waals surface area (Å²) in [6.45, 7) is 5.18. The third-order valence-electron chi connectivity index (χ3n) is 3.93. The first kappa shape index (κ1) is 20.2. The fraction of sp³-hybridized carbons (Fsp3) is 0.286. The number of rotatable bonds is 6. The summed E-state index contributed by atoms with van der Waals surface area (Å²) in [5, 5.41) is 2.72. The van der Waals surface area contributed by atoms with E-state index in [1.54, 1.807) is 24.3 Å². The molecule has 142 valence electrons. The maximum atomic E-state index is 12.1. The lowest BCUT2D eigenvalue weighted by molar-refractivity contribution is -0.136. The molecule has 0 atom stereocenters. The summed E-state index contributed by atoms with van der Waals surface area (Å²) in [7, 11) is 1.49. The van der Waals surface area contributed by atoms with Crippen LogP contribution in [0, 0.1) is 20.8 Å². The van der Waals surface area contributed by atoms with E-state index >= 15 is 0 Å². The van der Waals surface area contributed by atoms with Crippen molar-refractivity contribution < 1.29 is 19.1 Å². The summed E-state index contributed by atoms with van der Waals surface area (Å²) >= 11 is 0. The van der Waals surface area contributed by atoms with Crippen LogP contribution in [0.25, 0.3) is 0 Å². The van der Waals surface area contributed by atoms with E-state index in [9.17, 15) is 14.4 Å². The van der Waals surface area contributed by atoms with Crippen LogP contribution in [-0.4, -0.2) is 42.9 Å². The van der Waals surface area contributed by atoms with Gasteiger partial charge < -0.3 is 15.0 Å². The topological polar surface area (TPSA) is 75.7 Å². The number of carbonyl (C=O) groups excluding carboxylic acids is 3. The van der Waals surface area contributed by atoms with Crippen molar-refractivity contribution in [2.24, 2.45) is 0 Å². The van der Waals surface area contributed by atoms with E-state index < -0.39 is 18.5 Å². The lowest BCUT2D eigenvalue weighted by Crippen LogP contribution is -2.37. The third-order valence-corrected chi connectivity index (χ3v) is 3.93. The van der Waals surface area contributed by atoms with Crippen LogP contribution in [0.3, 0.4) is 0 Å². The minimum absolute atomic E-state index is 0.131. The van der Waals surface area contributed by atoms with Gasteiger partial charge in [0.15, 0.2) is 6.61 Å². The molecule has 1 N–H and O–H groups in total. The second kappa shape index (κ2) is 8.98. The van der Waals surface area contributed by atoms with Crippen molar-refractivity contribution in [3.8, 4) is 0 Å². The molecular weight excluding hydrogens is 344 g/mol. The number of benzene rings is 2. The van der Waals surface area contributed by atoms with E-state index in [1.165, 1.54) is 11.9 Å². The van der Waals surface area contributed by atoms with Gasteiger partial charge in [0.05, 0.1) is 12.1 Å². The summed E-state index contributed by atoms with van der Waals surface area (Å²) < 4.78 is 5.07. The number of esters is 1. The van der Waals surface area contributed by atoms with Crippen molar-refractivity contribution in [2.45, 2.75) is 20.8 Å². The molecule has 0 aliphatic rings.